The molecule has 1 saturated heterocycles. The molecule has 3 N–H and O–H groups in total. The lowest BCUT2D eigenvalue weighted by Gasteiger charge is -2.34. The molecule has 0 aliphatic carbocycles. The molecule has 1 heterocycles. The summed E-state index contributed by atoms with van der Waals surface area (Å²) < 4.78 is 0. The van der Waals surface area contributed by atoms with Gasteiger partial charge in [0.15, 0.2) is 0 Å². The number of nitrogens with two attached hydrogens (primary N) is 1. The molecule has 4 heteroatoms. The first kappa shape index (κ1) is 10.8. The Balaban J connectivity index is 2.37. The fourth-order valence-electron chi connectivity index (χ4n) is 2.29. The Bertz CT molecular complexity index is 419. The number of phenolic OH excluding ortho intramolecular Hbond substituents is 1. The molecule has 1 aromatic rings. The Morgan fingerprint density at radius 2 is 2.31 bits per heavy atom. The topological polar surface area (TPSA) is 66.6 Å². The number of benzene rings is 1. The molecule has 0 aromatic heterocycles. The van der Waals surface area contributed by atoms with Crippen LogP contribution in [-0.4, -0.2) is 23.1 Å². The molecular formula is C12H16N2O2. The van der Waals surface area contributed by atoms with Crippen LogP contribution in [-0.2, 0) is 4.79 Å². The van der Waals surface area contributed by atoms with E-state index >= 15 is 0 Å². The molecule has 4 nitrogen and oxygen atoms in total. The Morgan fingerprint density at radius 3 is 2.94 bits per heavy atom. The van der Waals surface area contributed by atoms with Gasteiger partial charge in [-0.05, 0) is 31.9 Å². The van der Waals surface area contributed by atoms with Crippen molar-refractivity contribution >= 4 is 11.6 Å². The van der Waals surface area contributed by atoms with Gasteiger partial charge in [0, 0.05) is 18.3 Å². The van der Waals surface area contributed by atoms with E-state index in [1.807, 2.05) is 17.9 Å². The number of amides is 1. The number of carbonyl (C=O) groups excluding carboxylic acids is 1. The minimum Gasteiger partial charge on any atom is -0.508 e. The number of phenols is 1. The van der Waals surface area contributed by atoms with Crippen LogP contribution in [0.1, 0.15) is 19.8 Å². The molecule has 1 aromatic carbocycles. The second-order valence-electron chi connectivity index (χ2n) is 4.41. The first-order chi connectivity index (χ1) is 7.54. The average molecular weight is 220 g/mol. The fourth-order valence-corrected chi connectivity index (χ4v) is 2.29. The first-order valence-electron chi connectivity index (χ1n) is 5.40. The van der Waals surface area contributed by atoms with Crippen molar-refractivity contribution < 1.29 is 9.90 Å². The van der Waals surface area contributed by atoms with E-state index in [1.165, 1.54) is 0 Å². The van der Waals surface area contributed by atoms with Gasteiger partial charge < -0.3 is 15.7 Å². The number of nitrogens with zero attached hydrogens (tertiary/aromatic N) is 1. The van der Waals surface area contributed by atoms with Crippen LogP contribution in [0.5, 0.6) is 5.75 Å². The predicted molar refractivity (Wildman–Crippen MR) is 62.3 cm³/mol. The highest BCUT2D eigenvalue weighted by molar-refractivity contribution is 5.89. The quantitative estimate of drug-likeness (QED) is 0.788. The zero-order chi connectivity index (χ0) is 11.8. The van der Waals surface area contributed by atoms with Crippen LogP contribution in [0.4, 0.5) is 5.69 Å². The summed E-state index contributed by atoms with van der Waals surface area (Å²) in [5.41, 5.74) is 5.67. The van der Waals surface area contributed by atoms with Gasteiger partial charge in [0.25, 0.3) is 0 Å². The van der Waals surface area contributed by atoms with Gasteiger partial charge in [0.1, 0.15) is 11.3 Å². The Kier molecular flexibility index (Phi) is 2.50. The summed E-state index contributed by atoms with van der Waals surface area (Å²) >= 11 is 0. The third-order valence-corrected chi connectivity index (χ3v) is 3.31. The number of aromatic hydroxyl groups is 1. The third-order valence-electron chi connectivity index (χ3n) is 3.31. The summed E-state index contributed by atoms with van der Waals surface area (Å²) in [4.78, 5) is 13.5. The van der Waals surface area contributed by atoms with Crippen molar-refractivity contribution in [2.45, 2.75) is 25.3 Å². The van der Waals surface area contributed by atoms with Crippen LogP contribution in [0.25, 0.3) is 0 Å². The molecule has 2 rings (SSSR count). The second kappa shape index (κ2) is 3.70. The molecular weight excluding hydrogens is 204 g/mol. The zero-order valence-electron chi connectivity index (χ0n) is 9.31. The highest BCUT2D eigenvalue weighted by Crippen LogP contribution is 2.34. The summed E-state index contributed by atoms with van der Waals surface area (Å²) in [5.74, 6) is -0.107. The summed E-state index contributed by atoms with van der Waals surface area (Å²) in [7, 11) is 0. The fraction of sp³-hybridized carbons (Fsp3) is 0.417. The van der Waals surface area contributed by atoms with Gasteiger partial charge in [-0.25, -0.2) is 0 Å². The molecule has 1 amide bonds. The maximum atomic E-state index is 11.5. The molecule has 0 unspecified atom stereocenters. The molecule has 16 heavy (non-hydrogen) atoms. The van der Waals surface area contributed by atoms with Crippen LogP contribution in [0.3, 0.4) is 0 Å². The molecule has 86 valence electrons. The van der Waals surface area contributed by atoms with E-state index in [1.54, 1.807) is 18.2 Å². The van der Waals surface area contributed by atoms with Crippen molar-refractivity contribution in [2.75, 3.05) is 11.4 Å². The van der Waals surface area contributed by atoms with Gasteiger partial charge >= 0.3 is 0 Å². The Morgan fingerprint density at radius 1 is 1.56 bits per heavy atom. The number of anilines is 1. The van der Waals surface area contributed by atoms with Crippen LogP contribution in [0.2, 0.25) is 0 Å². The molecule has 0 saturated carbocycles. The van der Waals surface area contributed by atoms with Gasteiger partial charge in [-0.1, -0.05) is 6.07 Å². The molecule has 1 aliphatic rings. The van der Waals surface area contributed by atoms with Gasteiger partial charge in [-0.2, -0.15) is 0 Å². The number of rotatable bonds is 2. The van der Waals surface area contributed by atoms with E-state index < -0.39 is 5.54 Å². The van der Waals surface area contributed by atoms with E-state index in [2.05, 4.69) is 0 Å². The summed E-state index contributed by atoms with van der Waals surface area (Å²) in [6.07, 6.45) is 1.70. The Labute approximate surface area is 94.7 Å². The largest absolute Gasteiger partial charge is 0.508 e. The zero-order valence-corrected chi connectivity index (χ0v) is 9.31. The molecule has 1 fully saturated rings. The lowest BCUT2D eigenvalue weighted by atomic mass is 9.97. The lowest BCUT2D eigenvalue weighted by Crippen LogP contribution is -2.51. The monoisotopic (exact) mass is 220 g/mol. The maximum absolute atomic E-state index is 11.5. The van der Waals surface area contributed by atoms with Crippen LogP contribution >= 0.6 is 0 Å². The van der Waals surface area contributed by atoms with E-state index in [9.17, 15) is 9.90 Å². The summed E-state index contributed by atoms with van der Waals surface area (Å²) in [6.45, 7) is 2.65. The highest BCUT2D eigenvalue weighted by Gasteiger charge is 2.41. The normalized spacial score (nSPS) is 24.7. The number of primary amides is 1. The molecule has 1 atom stereocenters. The second-order valence-corrected chi connectivity index (χ2v) is 4.41. The van der Waals surface area contributed by atoms with Crippen molar-refractivity contribution in [3.8, 4) is 5.75 Å². The van der Waals surface area contributed by atoms with Gasteiger partial charge in [-0.15, -0.1) is 0 Å². The SMILES string of the molecule is C[C@@]1(C(N)=O)CCCN1c1cccc(O)c1. The first-order valence-corrected chi connectivity index (χ1v) is 5.40. The van der Waals surface area contributed by atoms with Crippen molar-refractivity contribution in [3.63, 3.8) is 0 Å². The summed E-state index contributed by atoms with van der Waals surface area (Å²) in [5, 5.41) is 9.44. The van der Waals surface area contributed by atoms with E-state index in [0.29, 0.717) is 0 Å². The number of carbonyl (C=O) groups is 1. The van der Waals surface area contributed by atoms with Crippen molar-refractivity contribution in [1.29, 1.82) is 0 Å². The van der Waals surface area contributed by atoms with Crippen molar-refractivity contribution in [3.05, 3.63) is 24.3 Å². The van der Waals surface area contributed by atoms with Crippen LogP contribution in [0.15, 0.2) is 24.3 Å². The Hall–Kier alpha value is -1.71. The molecule has 0 radical (unpaired) electrons. The third kappa shape index (κ3) is 1.60. The summed E-state index contributed by atoms with van der Waals surface area (Å²) in [6, 6.07) is 6.92. The smallest absolute Gasteiger partial charge is 0.243 e. The number of hydrogen-bond acceptors (Lipinski definition) is 3. The average Bonchev–Trinajstić information content (AvgIpc) is 2.62. The van der Waals surface area contributed by atoms with E-state index in [0.717, 1.165) is 25.1 Å². The van der Waals surface area contributed by atoms with Crippen molar-refractivity contribution in [2.24, 2.45) is 5.73 Å². The van der Waals surface area contributed by atoms with Gasteiger partial charge in [-0.3, -0.25) is 4.79 Å². The standard InChI is InChI=1S/C12H16N2O2/c1-12(11(13)16)6-3-7-14(12)9-4-2-5-10(15)8-9/h2,4-5,8,15H,3,6-7H2,1H3,(H2,13,16)/t12-/m0/s1. The molecule has 1 aliphatic heterocycles. The highest BCUT2D eigenvalue weighted by atomic mass is 16.3. The van der Waals surface area contributed by atoms with E-state index in [4.69, 9.17) is 5.73 Å². The molecule has 0 bridgehead atoms. The van der Waals surface area contributed by atoms with Crippen molar-refractivity contribution in [1.82, 2.24) is 0 Å². The van der Waals surface area contributed by atoms with Crippen LogP contribution < -0.4 is 10.6 Å². The lowest BCUT2D eigenvalue weighted by molar-refractivity contribution is -0.122. The minimum absolute atomic E-state index is 0.205. The van der Waals surface area contributed by atoms with Gasteiger partial charge in [0.2, 0.25) is 5.91 Å². The van der Waals surface area contributed by atoms with E-state index in [-0.39, 0.29) is 11.7 Å². The van der Waals surface area contributed by atoms with Crippen LogP contribution in [0, 0.1) is 0 Å². The molecule has 0 spiro atoms. The minimum atomic E-state index is -0.631. The maximum Gasteiger partial charge on any atom is 0.243 e. The number of hydrogen-bond donors (Lipinski definition) is 2. The van der Waals surface area contributed by atoms with Gasteiger partial charge in [0.05, 0.1) is 0 Å². The predicted octanol–water partition coefficient (Wildman–Crippen LogP) is 1.24.